The second-order valence-corrected chi connectivity index (χ2v) is 5.52. The highest BCUT2D eigenvalue weighted by atomic mass is 15.2. The highest BCUT2D eigenvalue weighted by molar-refractivity contribution is 5.51. The normalized spacial score (nSPS) is 16.6. The van der Waals surface area contributed by atoms with E-state index in [1.54, 1.807) is 0 Å². The number of hydrazine groups is 1. The summed E-state index contributed by atoms with van der Waals surface area (Å²) >= 11 is 0. The molecule has 0 spiro atoms. The van der Waals surface area contributed by atoms with Gasteiger partial charge in [0.25, 0.3) is 0 Å². The van der Waals surface area contributed by atoms with Crippen LogP contribution in [0.25, 0.3) is 0 Å². The van der Waals surface area contributed by atoms with Gasteiger partial charge < -0.3 is 5.73 Å². The number of benzene rings is 2. The summed E-state index contributed by atoms with van der Waals surface area (Å²) in [6, 6.07) is 16.5. The highest BCUT2D eigenvalue weighted by Gasteiger charge is 2.20. The first-order valence-electron chi connectivity index (χ1n) is 7.20. The molecule has 2 aromatic carbocycles. The molecule has 1 aliphatic rings. The smallest absolute Gasteiger partial charge is 0.0730 e. The highest BCUT2D eigenvalue weighted by Crippen LogP contribution is 2.37. The van der Waals surface area contributed by atoms with Crippen molar-refractivity contribution in [3.8, 4) is 0 Å². The lowest BCUT2D eigenvalue weighted by Crippen LogP contribution is -2.29. The molecule has 0 aromatic heterocycles. The summed E-state index contributed by atoms with van der Waals surface area (Å²) in [5, 5.41) is 0. The second-order valence-electron chi connectivity index (χ2n) is 5.52. The number of hydrogen-bond donors (Lipinski definition) is 3. The Morgan fingerprint density at radius 3 is 2.25 bits per heavy atom. The van der Waals surface area contributed by atoms with Gasteiger partial charge in [0.2, 0.25) is 0 Å². The summed E-state index contributed by atoms with van der Waals surface area (Å²) < 4.78 is 0. The van der Waals surface area contributed by atoms with Crippen molar-refractivity contribution >= 4 is 5.69 Å². The van der Waals surface area contributed by atoms with E-state index in [1.165, 1.54) is 24.8 Å². The minimum atomic E-state index is -0.0633. The van der Waals surface area contributed by atoms with Crippen LogP contribution in [0.4, 0.5) is 5.69 Å². The predicted molar refractivity (Wildman–Crippen MR) is 83.1 cm³/mol. The largest absolute Gasteiger partial charge is 0.398 e. The van der Waals surface area contributed by atoms with Crippen LogP contribution in [-0.4, -0.2) is 0 Å². The van der Waals surface area contributed by atoms with Gasteiger partial charge in [-0.2, -0.15) is 0 Å². The second kappa shape index (κ2) is 5.65. The van der Waals surface area contributed by atoms with Gasteiger partial charge in [0.1, 0.15) is 0 Å². The number of nitrogen functional groups attached to an aromatic ring is 1. The first-order valence-corrected chi connectivity index (χ1v) is 7.20. The van der Waals surface area contributed by atoms with E-state index < -0.39 is 0 Å². The summed E-state index contributed by atoms with van der Waals surface area (Å²) in [7, 11) is 0. The number of hydrogen-bond acceptors (Lipinski definition) is 3. The number of anilines is 1. The van der Waals surface area contributed by atoms with Crippen LogP contribution in [0.1, 0.15) is 47.9 Å². The van der Waals surface area contributed by atoms with Crippen LogP contribution in [-0.2, 0) is 0 Å². The minimum Gasteiger partial charge on any atom is -0.398 e. The van der Waals surface area contributed by atoms with Crippen molar-refractivity contribution in [2.45, 2.75) is 31.2 Å². The van der Waals surface area contributed by atoms with Crippen molar-refractivity contribution in [1.29, 1.82) is 0 Å². The molecule has 1 unspecified atom stereocenters. The van der Waals surface area contributed by atoms with Crippen molar-refractivity contribution in [2.24, 2.45) is 5.84 Å². The van der Waals surface area contributed by atoms with E-state index in [9.17, 15) is 0 Å². The fourth-order valence-electron chi connectivity index (χ4n) is 2.84. The molecule has 1 aliphatic carbocycles. The van der Waals surface area contributed by atoms with Crippen LogP contribution in [0.15, 0.2) is 48.5 Å². The van der Waals surface area contributed by atoms with Crippen LogP contribution in [0, 0.1) is 0 Å². The Balaban J connectivity index is 1.87. The molecule has 0 heterocycles. The van der Waals surface area contributed by atoms with E-state index >= 15 is 0 Å². The number of nitrogens with two attached hydrogens (primary N) is 2. The molecule has 0 amide bonds. The maximum Gasteiger partial charge on any atom is 0.0730 e. The number of nitrogens with one attached hydrogen (secondary N) is 1. The lowest BCUT2D eigenvalue weighted by molar-refractivity contribution is 0.419. The van der Waals surface area contributed by atoms with Gasteiger partial charge in [-0.3, -0.25) is 5.84 Å². The zero-order valence-corrected chi connectivity index (χ0v) is 11.5. The quantitative estimate of drug-likeness (QED) is 0.453. The Morgan fingerprint density at radius 2 is 1.70 bits per heavy atom. The van der Waals surface area contributed by atoms with Gasteiger partial charge in [0, 0.05) is 5.69 Å². The van der Waals surface area contributed by atoms with Crippen molar-refractivity contribution in [2.75, 3.05) is 5.73 Å². The van der Waals surface area contributed by atoms with Crippen LogP contribution in [0.5, 0.6) is 0 Å². The summed E-state index contributed by atoms with van der Waals surface area (Å²) in [5.41, 5.74) is 13.3. The van der Waals surface area contributed by atoms with Crippen LogP contribution < -0.4 is 17.0 Å². The standard InChI is InChI=1S/C17H21N3/c18-16-7-2-1-6-15(16)17(20-19)14-10-8-13(9-11-14)12-4-3-5-12/h1-2,6-12,17,20H,3-5,18-19H2. The number of rotatable bonds is 4. The summed E-state index contributed by atoms with van der Waals surface area (Å²) in [6.45, 7) is 0. The Morgan fingerprint density at radius 1 is 1.00 bits per heavy atom. The van der Waals surface area contributed by atoms with Crippen molar-refractivity contribution < 1.29 is 0 Å². The average Bonchev–Trinajstić information content (AvgIpc) is 2.41. The Hall–Kier alpha value is -1.84. The summed E-state index contributed by atoms with van der Waals surface area (Å²) in [5.74, 6) is 6.49. The third-order valence-electron chi connectivity index (χ3n) is 4.32. The predicted octanol–water partition coefficient (Wildman–Crippen LogP) is 3.09. The Bertz CT molecular complexity index is 573. The van der Waals surface area contributed by atoms with Crippen LogP contribution in [0.3, 0.4) is 0 Å². The van der Waals surface area contributed by atoms with Crippen molar-refractivity contribution in [1.82, 2.24) is 5.43 Å². The fourth-order valence-corrected chi connectivity index (χ4v) is 2.84. The van der Waals surface area contributed by atoms with Crippen molar-refractivity contribution in [3.05, 3.63) is 65.2 Å². The maximum absolute atomic E-state index is 6.05. The van der Waals surface area contributed by atoms with Gasteiger partial charge in [-0.05, 0) is 41.5 Å². The van der Waals surface area contributed by atoms with Gasteiger partial charge in [-0.1, -0.05) is 48.9 Å². The molecule has 3 rings (SSSR count). The topological polar surface area (TPSA) is 64.1 Å². The Labute approximate surface area is 120 Å². The summed E-state index contributed by atoms with van der Waals surface area (Å²) in [4.78, 5) is 0. The lowest BCUT2D eigenvalue weighted by Gasteiger charge is -2.26. The van der Waals surface area contributed by atoms with Crippen molar-refractivity contribution in [3.63, 3.8) is 0 Å². The van der Waals surface area contributed by atoms with Gasteiger partial charge >= 0.3 is 0 Å². The molecule has 0 aliphatic heterocycles. The minimum absolute atomic E-state index is 0.0633. The fraction of sp³-hybridized carbons (Fsp3) is 0.294. The van der Waals surface area contributed by atoms with E-state index in [-0.39, 0.29) is 6.04 Å². The molecule has 0 radical (unpaired) electrons. The SMILES string of the molecule is NNC(c1ccc(C2CCC2)cc1)c1ccccc1N. The summed E-state index contributed by atoms with van der Waals surface area (Å²) in [6.07, 6.45) is 4.01. The van der Waals surface area contributed by atoms with E-state index in [1.807, 2.05) is 24.3 Å². The number of para-hydroxylation sites is 1. The van der Waals surface area contributed by atoms with Crippen LogP contribution in [0.2, 0.25) is 0 Å². The van der Waals surface area contributed by atoms with E-state index in [0.29, 0.717) is 0 Å². The molecule has 0 saturated heterocycles. The molecule has 104 valence electrons. The first-order chi connectivity index (χ1) is 9.79. The zero-order chi connectivity index (χ0) is 13.9. The molecule has 1 atom stereocenters. The molecule has 2 aromatic rings. The molecule has 5 N–H and O–H groups in total. The maximum atomic E-state index is 6.05. The molecular formula is C17H21N3. The zero-order valence-electron chi connectivity index (χ0n) is 11.5. The first kappa shape index (κ1) is 13.2. The Kier molecular flexibility index (Phi) is 3.72. The van der Waals surface area contributed by atoms with E-state index in [0.717, 1.165) is 22.7 Å². The lowest BCUT2D eigenvalue weighted by atomic mass is 9.79. The van der Waals surface area contributed by atoms with E-state index in [4.69, 9.17) is 11.6 Å². The van der Waals surface area contributed by atoms with Gasteiger partial charge in [-0.15, -0.1) is 0 Å². The molecule has 3 nitrogen and oxygen atoms in total. The molecule has 20 heavy (non-hydrogen) atoms. The van der Waals surface area contributed by atoms with Gasteiger partial charge in [0.15, 0.2) is 0 Å². The monoisotopic (exact) mass is 267 g/mol. The molecule has 1 saturated carbocycles. The third kappa shape index (κ3) is 2.42. The van der Waals surface area contributed by atoms with E-state index in [2.05, 4.69) is 29.7 Å². The van der Waals surface area contributed by atoms with Crippen LogP contribution >= 0.6 is 0 Å². The molecule has 0 bridgehead atoms. The van der Waals surface area contributed by atoms with Gasteiger partial charge in [0.05, 0.1) is 6.04 Å². The average molecular weight is 267 g/mol. The third-order valence-corrected chi connectivity index (χ3v) is 4.32. The van der Waals surface area contributed by atoms with Gasteiger partial charge in [-0.25, -0.2) is 5.43 Å². The molecular weight excluding hydrogens is 246 g/mol. The molecule has 1 fully saturated rings. The molecule has 3 heteroatoms.